The van der Waals surface area contributed by atoms with E-state index in [2.05, 4.69) is 33.2 Å². The monoisotopic (exact) mass is 408 g/mol. The summed E-state index contributed by atoms with van der Waals surface area (Å²) in [4.78, 5) is 23.7. The van der Waals surface area contributed by atoms with Gasteiger partial charge >= 0.3 is 0 Å². The maximum absolute atomic E-state index is 12.1. The van der Waals surface area contributed by atoms with Crippen LogP contribution in [0.2, 0.25) is 0 Å². The van der Waals surface area contributed by atoms with Crippen LogP contribution in [0.25, 0.3) is 0 Å². The lowest BCUT2D eigenvalue weighted by Crippen LogP contribution is -2.17. The van der Waals surface area contributed by atoms with Crippen molar-refractivity contribution in [2.75, 3.05) is 10.6 Å². The maximum Gasteiger partial charge on any atom is 0.255 e. The van der Waals surface area contributed by atoms with Crippen LogP contribution in [-0.2, 0) is 4.79 Å². The third kappa shape index (κ3) is 4.56. The summed E-state index contributed by atoms with van der Waals surface area (Å²) in [5.74, 6) is -0.258. The molecule has 2 aromatic rings. The van der Waals surface area contributed by atoms with E-state index in [4.69, 9.17) is 0 Å². The fourth-order valence-corrected chi connectivity index (χ4v) is 2.09. The molecule has 0 saturated heterocycles. The fourth-order valence-electron chi connectivity index (χ4n) is 1.73. The van der Waals surface area contributed by atoms with Crippen LogP contribution in [0.15, 0.2) is 48.5 Å². The first-order chi connectivity index (χ1) is 10.5. The minimum Gasteiger partial charge on any atom is -0.326 e. The number of hydrogen-bond donors (Lipinski definition) is 2. The molecule has 0 aliphatic heterocycles. The lowest BCUT2D eigenvalue weighted by Gasteiger charge is -2.09. The van der Waals surface area contributed by atoms with E-state index < -0.39 is 0 Å². The van der Waals surface area contributed by atoms with Crippen molar-refractivity contribution >= 4 is 45.8 Å². The minimum atomic E-state index is -0.157. The minimum absolute atomic E-state index is 0.0318. The molecule has 4 nitrogen and oxygen atoms in total. The predicted octanol–water partition coefficient (Wildman–Crippen LogP) is 4.14. The van der Waals surface area contributed by atoms with Gasteiger partial charge in [0.25, 0.3) is 5.91 Å². The molecule has 0 aliphatic rings. The number of anilines is 2. The molecule has 5 heteroatoms. The largest absolute Gasteiger partial charge is 0.326 e. The zero-order valence-electron chi connectivity index (χ0n) is 12.4. The molecule has 22 heavy (non-hydrogen) atoms. The van der Waals surface area contributed by atoms with Gasteiger partial charge in [0.15, 0.2) is 0 Å². The summed E-state index contributed by atoms with van der Waals surface area (Å²) in [6.07, 6.45) is 0. The SMILES string of the molecule is CC(C)C(=O)Nc1ccc(NC(=O)c2ccc(I)cc2)cc1. The summed E-state index contributed by atoms with van der Waals surface area (Å²) in [5, 5.41) is 5.63. The Kier molecular flexibility index (Phi) is 5.54. The van der Waals surface area contributed by atoms with Crippen molar-refractivity contribution in [3.8, 4) is 0 Å². The first-order valence-electron chi connectivity index (χ1n) is 6.93. The Morgan fingerprint density at radius 1 is 0.864 bits per heavy atom. The van der Waals surface area contributed by atoms with E-state index in [1.165, 1.54) is 0 Å². The van der Waals surface area contributed by atoms with Gasteiger partial charge in [-0.15, -0.1) is 0 Å². The van der Waals surface area contributed by atoms with E-state index in [1.54, 1.807) is 36.4 Å². The van der Waals surface area contributed by atoms with Crippen LogP contribution in [0.4, 0.5) is 11.4 Å². The number of nitrogens with one attached hydrogen (secondary N) is 2. The average molecular weight is 408 g/mol. The summed E-state index contributed by atoms with van der Waals surface area (Å²) in [6, 6.07) is 14.4. The van der Waals surface area contributed by atoms with Gasteiger partial charge in [-0.2, -0.15) is 0 Å². The van der Waals surface area contributed by atoms with Gasteiger partial charge in [0, 0.05) is 26.4 Å². The van der Waals surface area contributed by atoms with Gasteiger partial charge in [0.1, 0.15) is 0 Å². The molecule has 0 fully saturated rings. The Labute approximate surface area is 143 Å². The second kappa shape index (κ2) is 7.40. The Morgan fingerprint density at radius 2 is 1.36 bits per heavy atom. The highest BCUT2D eigenvalue weighted by Crippen LogP contribution is 2.16. The number of halogens is 1. The first kappa shape index (κ1) is 16.5. The van der Waals surface area contributed by atoms with E-state index in [0.29, 0.717) is 16.9 Å². The molecule has 2 rings (SSSR count). The summed E-state index contributed by atoms with van der Waals surface area (Å²) in [7, 11) is 0. The van der Waals surface area contributed by atoms with Crippen LogP contribution in [0.3, 0.4) is 0 Å². The van der Waals surface area contributed by atoms with Crippen molar-refractivity contribution < 1.29 is 9.59 Å². The molecule has 0 spiro atoms. The Balaban J connectivity index is 2.00. The second-order valence-corrected chi connectivity index (χ2v) is 6.43. The van der Waals surface area contributed by atoms with Crippen LogP contribution >= 0.6 is 22.6 Å². The standard InChI is InChI=1S/C17H17IN2O2/c1-11(2)16(21)19-14-7-9-15(10-8-14)20-17(22)12-3-5-13(18)6-4-12/h3-11H,1-2H3,(H,19,21)(H,20,22). The molecule has 0 unspecified atom stereocenters. The summed E-state index contributed by atoms with van der Waals surface area (Å²) < 4.78 is 1.08. The molecule has 0 aromatic heterocycles. The molecular weight excluding hydrogens is 391 g/mol. The molecule has 2 aromatic carbocycles. The molecule has 2 N–H and O–H groups in total. The number of carbonyl (C=O) groups is 2. The zero-order valence-corrected chi connectivity index (χ0v) is 14.5. The van der Waals surface area contributed by atoms with Crippen molar-refractivity contribution in [1.82, 2.24) is 0 Å². The number of hydrogen-bond acceptors (Lipinski definition) is 2. The lowest BCUT2D eigenvalue weighted by atomic mass is 10.2. The molecule has 114 valence electrons. The van der Waals surface area contributed by atoms with Crippen LogP contribution in [0, 0.1) is 9.49 Å². The molecule has 2 amide bonds. The average Bonchev–Trinajstić information content (AvgIpc) is 2.49. The summed E-state index contributed by atoms with van der Waals surface area (Å²) >= 11 is 2.19. The van der Waals surface area contributed by atoms with E-state index >= 15 is 0 Å². The van der Waals surface area contributed by atoms with Gasteiger partial charge in [-0.3, -0.25) is 9.59 Å². The quantitative estimate of drug-likeness (QED) is 0.748. The van der Waals surface area contributed by atoms with Crippen molar-refractivity contribution in [3.63, 3.8) is 0 Å². The fraction of sp³-hybridized carbons (Fsp3) is 0.176. The predicted molar refractivity (Wildman–Crippen MR) is 97.0 cm³/mol. The van der Waals surface area contributed by atoms with Crippen LogP contribution in [0.5, 0.6) is 0 Å². The summed E-state index contributed by atoms with van der Waals surface area (Å²) in [6.45, 7) is 3.68. The van der Waals surface area contributed by atoms with Gasteiger partial charge in [0.2, 0.25) is 5.91 Å². The van der Waals surface area contributed by atoms with Crippen molar-refractivity contribution in [2.45, 2.75) is 13.8 Å². The topological polar surface area (TPSA) is 58.2 Å². The van der Waals surface area contributed by atoms with Crippen molar-refractivity contribution in [2.24, 2.45) is 5.92 Å². The highest BCUT2D eigenvalue weighted by Gasteiger charge is 2.08. The number of carbonyl (C=O) groups excluding carboxylic acids is 2. The molecule has 0 heterocycles. The van der Waals surface area contributed by atoms with Gasteiger partial charge in [-0.05, 0) is 71.1 Å². The van der Waals surface area contributed by atoms with Gasteiger partial charge < -0.3 is 10.6 Å². The molecule has 0 atom stereocenters. The van der Waals surface area contributed by atoms with E-state index in [9.17, 15) is 9.59 Å². The Bertz CT molecular complexity index is 664. The van der Waals surface area contributed by atoms with Crippen LogP contribution in [0.1, 0.15) is 24.2 Å². The molecular formula is C17H17IN2O2. The van der Waals surface area contributed by atoms with Crippen molar-refractivity contribution in [3.05, 3.63) is 57.7 Å². The molecule has 0 bridgehead atoms. The second-order valence-electron chi connectivity index (χ2n) is 5.18. The Hall–Kier alpha value is -1.89. The number of benzene rings is 2. The maximum atomic E-state index is 12.1. The third-order valence-corrected chi connectivity index (χ3v) is 3.76. The van der Waals surface area contributed by atoms with Gasteiger partial charge in [-0.1, -0.05) is 13.8 Å². The highest BCUT2D eigenvalue weighted by molar-refractivity contribution is 14.1. The normalized spacial score (nSPS) is 10.4. The van der Waals surface area contributed by atoms with Crippen LogP contribution < -0.4 is 10.6 Å². The van der Waals surface area contributed by atoms with Gasteiger partial charge in [-0.25, -0.2) is 0 Å². The van der Waals surface area contributed by atoms with Crippen molar-refractivity contribution in [1.29, 1.82) is 0 Å². The van der Waals surface area contributed by atoms with Gasteiger partial charge in [0.05, 0.1) is 0 Å². The zero-order chi connectivity index (χ0) is 16.1. The van der Waals surface area contributed by atoms with Crippen LogP contribution in [-0.4, -0.2) is 11.8 Å². The molecule has 0 aliphatic carbocycles. The van der Waals surface area contributed by atoms with E-state index in [1.807, 2.05) is 26.0 Å². The molecule has 0 saturated carbocycles. The Morgan fingerprint density at radius 3 is 1.86 bits per heavy atom. The third-order valence-electron chi connectivity index (χ3n) is 3.04. The first-order valence-corrected chi connectivity index (χ1v) is 8.01. The molecule has 0 radical (unpaired) electrons. The highest BCUT2D eigenvalue weighted by atomic mass is 127. The number of rotatable bonds is 4. The number of amides is 2. The van der Waals surface area contributed by atoms with E-state index in [0.717, 1.165) is 3.57 Å². The smallest absolute Gasteiger partial charge is 0.255 e. The summed E-state index contributed by atoms with van der Waals surface area (Å²) in [5.41, 5.74) is 2.01. The lowest BCUT2D eigenvalue weighted by molar-refractivity contribution is -0.118. The van der Waals surface area contributed by atoms with E-state index in [-0.39, 0.29) is 17.7 Å².